The monoisotopic (exact) mass is 374 g/mol. The molecule has 0 atom stereocenters. The van der Waals surface area contributed by atoms with Gasteiger partial charge in [0.15, 0.2) is 11.2 Å². The number of hydrogen-bond donors (Lipinski definition) is 1. The van der Waals surface area contributed by atoms with E-state index in [1.807, 2.05) is 54.6 Å². The average molecular weight is 375 g/mol. The maximum atomic E-state index is 5.72. The van der Waals surface area contributed by atoms with Gasteiger partial charge in [0.05, 0.1) is 12.2 Å². The predicted octanol–water partition coefficient (Wildman–Crippen LogP) is 4.74. The molecule has 25 heavy (non-hydrogen) atoms. The average Bonchev–Trinajstić information content (AvgIpc) is 3.05. The zero-order valence-electron chi connectivity index (χ0n) is 13.1. The van der Waals surface area contributed by atoms with Crippen LogP contribution >= 0.6 is 24.8 Å². The number of pyridine rings is 2. The molecule has 3 heterocycles. The maximum absolute atomic E-state index is 5.72. The van der Waals surface area contributed by atoms with E-state index in [1.165, 1.54) is 0 Å². The summed E-state index contributed by atoms with van der Waals surface area (Å²) in [6.45, 7) is 0.687. The summed E-state index contributed by atoms with van der Waals surface area (Å²) in [6, 6.07) is 17.5. The molecule has 0 aliphatic carbocycles. The molecule has 3 aromatic heterocycles. The standard InChI is InChI=1S/C18H14N4O.2ClH/c1-2-10-19-15(4-1)12-21-14-8-6-13(7-9-14)18-22-17-16(23-18)5-3-11-20-17;;/h1-11,21H,12H2;2*1H. The Morgan fingerprint density at radius 3 is 2.36 bits per heavy atom. The molecule has 0 radical (unpaired) electrons. The number of fused-ring (bicyclic) bond motifs is 1. The molecule has 0 amide bonds. The summed E-state index contributed by atoms with van der Waals surface area (Å²) in [5, 5.41) is 3.34. The highest BCUT2D eigenvalue weighted by atomic mass is 35.5. The van der Waals surface area contributed by atoms with Gasteiger partial charge < -0.3 is 9.73 Å². The molecule has 5 nitrogen and oxygen atoms in total. The molecule has 1 N–H and O–H groups in total. The van der Waals surface area contributed by atoms with E-state index in [4.69, 9.17) is 4.42 Å². The van der Waals surface area contributed by atoms with Crippen LogP contribution in [0.1, 0.15) is 5.69 Å². The third kappa shape index (κ3) is 4.26. The molecule has 4 rings (SSSR count). The number of hydrogen-bond acceptors (Lipinski definition) is 5. The van der Waals surface area contributed by atoms with Gasteiger partial charge in [-0.3, -0.25) is 4.98 Å². The van der Waals surface area contributed by atoms with Crippen molar-refractivity contribution in [3.05, 3.63) is 72.7 Å². The van der Waals surface area contributed by atoms with Gasteiger partial charge in [0.2, 0.25) is 5.89 Å². The van der Waals surface area contributed by atoms with Crippen LogP contribution in [0.4, 0.5) is 5.69 Å². The molecule has 0 aliphatic rings. The SMILES string of the molecule is Cl.Cl.c1ccc(CNc2ccc(-c3nc4ncccc4o3)cc2)nc1. The number of nitrogens with zero attached hydrogens (tertiary/aromatic N) is 3. The fourth-order valence-corrected chi connectivity index (χ4v) is 2.32. The Kier molecular flexibility index (Phi) is 6.33. The van der Waals surface area contributed by atoms with Crippen LogP contribution in [0.2, 0.25) is 0 Å². The minimum atomic E-state index is 0. The van der Waals surface area contributed by atoms with Gasteiger partial charge in [-0.1, -0.05) is 6.07 Å². The third-order valence-corrected chi connectivity index (χ3v) is 3.50. The molecule has 0 saturated carbocycles. The molecule has 0 spiro atoms. The highest BCUT2D eigenvalue weighted by Crippen LogP contribution is 2.24. The normalized spacial score (nSPS) is 9.92. The van der Waals surface area contributed by atoms with Gasteiger partial charge in [-0.25, -0.2) is 4.98 Å². The Labute approximate surface area is 157 Å². The number of halogens is 2. The molecule has 4 aromatic rings. The minimum Gasteiger partial charge on any atom is -0.434 e. The second-order valence-electron chi connectivity index (χ2n) is 5.10. The number of rotatable bonds is 4. The summed E-state index contributed by atoms with van der Waals surface area (Å²) in [4.78, 5) is 12.9. The lowest BCUT2D eigenvalue weighted by atomic mass is 10.2. The van der Waals surface area contributed by atoms with E-state index in [1.54, 1.807) is 12.4 Å². The number of anilines is 1. The van der Waals surface area contributed by atoms with Gasteiger partial charge in [0, 0.05) is 23.6 Å². The third-order valence-electron chi connectivity index (χ3n) is 3.50. The van der Waals surface area contributed by atoms with Gasteiger partial charge in [-0.15, -0.1) is 24.8 Å². The minimum absolute atomic E-state index is 0. The van der Waals surface area contributed by atoms with E-state index in [0.29, 0.717) is 23.7 Å². The Morgan fingerprint density at radius 2 is 1.64 bits per heavy atom. The zero-order valence-corrected chi connectivity index (χ0v) is 14.8. The second kappa shape index (κ2) is 8.46. The molecule has 0 bridgehead atoms. The van der Waals surface area contributed by atoms with Crippen molar-refractivity contribution < 1.29 is 4.42 Å². The Morgan fingerprint density at radius 1 is 0.840 bits per heavy atom. The largest absolute Gasteiger partial charge is 0.434 e. The molecule has 128 valence electrons. The molecule has 7 heteroatoms. The Bertz CT molecular complexity index is 894. The van der Waals surface area contributed by atoms with Gasteiger partial charge in [0.1, 0.15) is 0 Å². The van der Waals surface area contributed by atoms with Crippen LogP contribution in [-0.2, 0) is 6.54 Å². The molecule has 0 aliphatic heterocycles. The summed E-state index contributed by atoms with van der Waals surface area (Å²) in [6.07, 6.45) is 3.50. The van der Waals surface area contributed by atoms with E-state index < -0.39 is 0 Å². The lowest BCUT2D eigenvalue weighted by molar-refractivity contribution is 0.619. The smallest absolute Gasteiger partial charge is 0.228 e. The van der Waals surface area contributed by atoms with Gasteiger partial charge in [0.25, 0.3) is 0 Å². The van der Waals surface area contributed by atoms with Gasteiger partial charge in [-0.05, 0) is 48.5 Å². The van der Waals surface area contributed by atoms with Crippen molar-refractivity contribution in [3.63, 3.8) is 0 Å². The quantitative estimate of drug-likeness (QED) is 0.558. The number of nitrogens with one attached hydrogen (secondary N) is 1. The topological polar surface area (TPSA) is 63.8 Å². The van der Waals surface area contributed by atoms with Crippen molar-refractivity contribution in [2.45, 2.75) is 6.54 Å². The lowest BCUT2D eigenvalue weighted by Crippen LogP contribution is -2.00. The first-order chi connectivity index (χ1) is 11.4. The van der Waals surface area contributed by atoms with Crippen LogP contribution in [0.3, 0.4) is 0 Å². The van der Waals surface area contributed by atoms with Crippen molar-refractivity contribution in [1.82, 2.24) is 15.0 Å². The molecular weight excluding hydrogens is 359 g/mol. The maximum Gasteiger partial charge on any atom is 0.228 e. The van der Waals surface area contributed by atoms with Crippen LogP contribution in [0, 0.1) is 0 Å². The van der Waals surface area contributed by atoms with Gasteiger partial charge >= 0.3 is 0 Å². The summed E-state index contributed by atoms with van der Waals surface area (Å²) in [5.74, 6) is 0.579. The first-order valence-electron chi connectivity index (χ1n) is 7.34. The summed E-state index contributed by atoms with van der Waals surface area (Å²) in [7, 11) is 0. The van der Waals surface area contributed by atoms with Crippen LogP contribution in [0.15, 0.2) is 71.4 Å². The van der Waals surface area contributed by atoms with Crippen LogP contribution in [0.5, 0.6) is 0 Å². The number of oxazole rings is 1. The molecule has 0 saturated heterocycles. The van der Waals surface area contributed by atoms with E-state index in [9.17, 15) is 0 Å². The zero-order chi connectivity index (χ0) is 15.5. The first-order valence-corrected chi connectivity index (χ1v) is 7.34. The summed E-state index contributed by atoms with van der Waals surface area (Å²) in [5.41, 5.74) is 4.27. The van der Waals surface area contributed by atoms with E-state index in [2.05, 4.69) is 20.3 Å². The lowest BCUT2D eigenvalue weighted by Gasteiger charge is -2.06. The van der Waals surface area contributed by atoms with Crippen LogP contribution in [0.25, 0.3) is 22.7 Å². The van der Waals surface area contributed by atoms with Crippen molar-refractivity contribution in [2.24, 2.45) is 0 Å². The van der Waals surface area contributed by atoms with E-state index in [0.717, 1.165) is 16.9 Å². The molecule has 1 aromatic carbocycles. The highest BCUT2D eigenvalue weighted by molar-refractivity contribution is 5.85. The van der Waals surface area contributed by atoms with Crippen molar-refractivity contribution in [1.29, 1.82) is 0 Å². The molecule has 0 unspecified atom stereocenters. The predicted molar refractivity (Wildman–Crippen MR) is 103 cm³/mol. The highest BCUT2D eigenvalue weighted by Gasteiger charge is 2.08. The van der Waals surface area contributed by atoms with Crippen LogP contribution < -0.4 is 5.32 Å². The van der Waals surface area contributed by atoms with Crippen molar-refractivity contribution >= 4 is 41.7 Å². The van der Waals surface area contributed by atoms with Crippen molar-refractivity contribution in [2.75, 3.05) is 5.32 Å². The van der Waals surface area contributed by atoms with E-state index >= 15 is 0 Å². The number of aromatic nitrogens is 3. The van der Waals surface area contributed by atoms with Crippen molar-refractivity contribution in [3.8, 4) is 11.5 Å². The summed E-state index contributed by atoms with van der Waals surface area (Å²) < 4.78 is 5.72. The Hall–Kier alpha value is -2.63. The van der Waals surface area contributed by atoms with E-state index in [-0.39, 0.29) is 24.8 Å². The second-order valence-corrected chi connectivity index (χ2v) is 5.10. The number of benzene rings is 1. The van der Waals surface area contributed by atoms with Gasteiger partial charge in [-0.2, -0.15) is 4.98 Å². The first kappa shape index (κ1) is 18.7. The van der Waals surface area contributed by atoms with Crippen LogP contribution in [-0.4, -0.2) is 15.0 Å². The summed E-state index contributed by atoms with van der Waals surface area (Å²) >= 11 is 0. The molecule has 0 fully saturated rings. The fraction of sp³-hybridized carbons (Fsp3) is 0.0556. The Balaban J connectivity index is 0.00000113. The molecular formula is C18H16Cl2N4O. The fourth-order valence-electron chi connectivity index (χ4n) is 2.32.